The fourth-order valence-electron chi connectivity index (χ4n) is 1.77. The zero-order valence-electron chi connectivity index (χ0n) is 11.8. The second-order valence-electron chi connectivity index (χ2n) is 4.59. The van der Waals surface area contributed by atoms with Crippen molar-refractivity contribution in [2.45, 2.75) is 19.8 Å². The molecule has 6 heteroatoms. The fraction of sp³-hybridized carbons (Fsp3) is 0.267. The van der Waals surface area contributed by atoms with Crippen molar-refractivity contribution < 1.29 is 4.79 Å². The van der Waals surface area contributed by atoms with Gasteiger partial charge in [-0.3, -0.25) is 4.79 Å². The molecule has 0 unspecified atom stereocenters. The predicted octanol–water partition coefficient (Wildman–Crippen LogP) is 3.24. The molecule has 0 saturated heterocycles. The van der Waals surface area contributed by atoms with Gasteiger partial charge in [0.05, 0.1) is 6.42 Å². The molecule has 110 valence electrons. The maximum absolute atomic E-state index is 11.9. The Hall–Kier alpha value is -1.95. The molecule has 1 aromatic carbocycles. The van der Waals surface area contributed by atoms with E-state index in [4.69, 9.17) is 0 Å². The van der Waals surface area contributed by atoms with Crippen LogP contribution in [-0.4, -0.2) is 22.6 Å². The number of amides is 1. The maximum atomic E-state index is 11.9. The topological polar surface area (TPSA) is 66.9 Å². The molecule has 1 aromatic heterocycles. The van der Waals surface area contributed by atoms with Crippen molar-refractivity contribution in [3.8, 4) is 0 Å². The zero-order valence-corrected chi connectivity index (χ0v) is 13.4. The lowest BCUT2D eigenvalue weighted by atomic mass is 10.1. The van der Waals surface area contributed by atoms with E-state index in [1.54, 1.807) is 12.1 Å². The molecule has 2 aromatic rings. The summed E-state index contributed by atoms with van der Waals surface area (Å²) in [6, 6.07) is 11.2. The number of hydrogen-bond donors (Lipinski definition) is 2. The van der Waals surface area contributed by atoms with Crippen LogP contribution in [-0.2, 0) is 11.2 Å². The van der Waals surface area contributed by atoms with Crippen molar-refractivity contribution in [2.24, 2.45) is 0 Å². The Morgan fingerprint density at radius 3 is 2.62 bits per heavy atom. The average Bonchev–Trinajstić information content (AvgIpc) is 2.46. The van der Waals surface area contributed by atoms with Crippen LogP contribution in [0.4, 0.5) is 11.6 Å². The highest BCUT2D eigenvalue weighted by atomic mass is 79.9. The summed E-state index contributed by atoms with van der Waals surface area (Å²) in [4.78, 5) is 11.9. The number of carbonyl (C=O) groups is 1. The van der Waals surface area contributed by atoms with Gasteiger partial charge in [-0.1, -0.05) is 35.0 Å². The minimum atomic E-state index is -0.114. The normalized spacial score (nSPS) is 10.2. The first-order chi connectivity index (χ1) is 10.2. The van der Waals surface area contributed by atoms with Crippen LogP contribution < -0.4 is 10.6 Å². The highest BCUT2D eigenvalue weighted by Crippen LogP contribution is 2.13. The van der Waals surface area contributed by atoms with E-state index in [2.05, 4.69) is 43.7 Å². The van der Waals surface area contributed by atoms with Crippen molar-refractivity contribution in [2.75, 3.05) is 17.2 Å². The van der Waals surface area contributed by atoms with Gasteiger partial charge < -0.3 is 10.6 Å². The van der Waals surface area contributed by atoms with Crippen LogP contribution in [0.1, 0.15) is 18.9 Å². The maximum Gasteiger partial charge on any atom is 0.229 e. The Morgan fingerprint density at radius 1 is 1.19 bits per heavy atom. The molecule has 0 aliphatic rings. The molecular weight excluding hydrogens is 332 g/mol. The van der Waals surface area contributed by atoms with Crippen LogP contribution in [0.3, 0.4) is 0 Å². The fourth-order valence-corrected chi connectivity index (χ4v) is 2.21. The monoisotopic (exact) mass is 348 g/mol. The van der Waals surface area contributed by atoms with Gasteiger partial charge in [0, 0.05) is 11.0 Å². The highest BCUT2D eigenvalue weighted by Gasteiger charge is 2.06. The van der Waals surface area contributed by atoms with Crippen molar-refractivity contribution in [3.63, 3.8) is 0 Å². The first-order valence-electron chi connectivity index (χ1n) is 6.79. The van der Waals surface area contributed by atoms with Crippen LogP contribution >= 0.6 is 15.9 Å². The van der Waals surface area contributed by atoms with Crippen LogP contribution in [0.15, 0.2) is 40.9 Å². The number of nitrogens with one attached hydrogen (secondary N) is 2. The summed E-state index contributed by atoms with van der Waals surface area (Å²) < 4.78 is 0.957. The van der Waals surface area contributed by atoms with Gasteiger partial charge in [0.2, 0.25) is 5.91 Å². The number of nitrogens with zero attached hydrogens (tertiary/aromatic N) is 2. The molecule has 21 heavy (non-hydrogen) atoms. The number of rotatable bonds is 6. The van der Waals surface area contributed by atoms with E-state index in [-0.39, 0.29) is 5.91 Å². The third-order valence-corrected chi connectivity index (χ3v) is 3.24. The van der Waals surface area contributed by atoms with E-state index >= 15 is 0 Å². The van der Waals surface area contributed by atoms with Crippen LogP contribution in [0.2, 0.25) is 0 Å². The zero-order chi connectivity index (χ0) is 15.1. The SMILES string of the molecule is CCCNc1ccc(NC(=O)Cc2cccc(Br)c2)nn1. The Bertz CT molecular complexity index is 601. The van der Waals surface area contributed by atoms with Crippen LogP contribution in [0, 0.1) is 0 Å². The number of halogens is 1. The van der Waals surface area contributed by atoms with E-state index < -0.39 is 0 Å². The minimum absolute atomic E-state index is 0.114. The summed E-state index contributed by atoms with van der Waals surface area (Å²) in [5.41, 5.74) is 0.941. The van der Waals surface area contributed by atoms with Gasteiger partial charge in [-0.15, -0.1) is 10.2 Å². The van der Waals surface area contributed by atoms with Gasteiger partial charge >= 0.3 is 0 Å². The quantitative estimate of drug-likeness (QED) is 0.840. The standard InChI is InChI=1S/C15H17BrN4O/c1-2-8-17-13-6-7-14(20-19-13)18-15(21)10-11-4-3-5-12(16)9-11/h3-7,9H,2,8,10H2,1H3,(H,17,19)(H,18,20,21). The summed E-state index contributed by atoms with van der Waals surface area (Å²) in [5, 5.41) is 13.9. The van der Waals surface area contributed by atoms with E-state index in [1.807, 2.05) is 24.3 Å². The average molecular weight is 349 g/mol. The second-order valence-corrected chi connectivity index (χ2v) is 5.50. The Labute approximate surface area is 132 Å². The number of anilines is 2. The molecule has 5 nitrogen and oxygen atoms in total. The van der Waals surface area contributed by atoms with Gasteiger partial charge in [0.15, 0.2) is 5.82 Å². The first-order valence-corrected chi connectivity index (χ1v) is 7.58. The Morgan fingerprint density at radius 2 is 1.95 bits per heavy atom. The molecule has 2 rings (SSSR count). The summed E-state index contributed by atoms with van der Waals surface area (Å²) in [6.45, 7) is 2.93. The third-order valence-electron chi connectivity index (χ3n) is 2.74. The number of hydrogen-bond acceptors (Lipinski definition) is 4. The van der Waals surface area contributed by atoms with Crippen molar-refractivity contribution in [1.29, 1.82) is 0 Å². The molecular formula is C15H17BrN4O. The molecule has 1 heterocycles. The number of aromatic nitrogens is 2. The molecule has 0 radical (unpaired) electrons. The highest BCUT2D eigenvalue weighted by molar-refractivity contribution is 9.10. The van der Waals surface area contributed by atoms with E-state index in [0.717, 1.165) is 23.0 Å². The van der Waals surface area contributed by atoms with Gasteiger partial charge in [0.25, 0.3) is 0 Å². The summed E-state index contributed by atoms with van der Waals surface area (Å²) >= 11 is 3.39. The van der Waals surface area contributed by atoms with E-state index in [9.17, 15) is 4.79 Å². The third kappa shape index (κ3) is 5.15. The molecule has 0 aliphatic heterocycles. The van der Waals surface area contributed by atoms with Gasteiger partial charge in [-0.2, -0.15) is 0 Å². The number of benzene rings is 1. The van der Waals surface area contributed by atoms with E-state index in [1.165, 1.54) is 0 Å². The molecule has 0 saturated carbocycles. The van der Waals surface area contributed by atoms with Crippen molar-refractivity contribution in [1.82, 2.24) is 10.2 Å². The summed E-state index contributed by atoms with van der Waals surface area (Å²) in [6.07, 6.45) is 1.32. The Kier molecular flexibility index (Phi) is 5.68. The van der Waals surface area contributed by atoms with Crippen molar-refractivity contribution in [3.05, 3.63) is 46.4 Å². The number of carbonyl (C=O) groups excluding carboxylic acids is 1. The molecule has 2 N–H and O–H groups in total. The molecule has 1 amide bonds. The lowest BCUT2D eigenvalue weighted by Gasteiger charge is -2.06. The lowest BCUT2D eigenvalue weighted by Crippen LogP contribution is -2.16. The van der Waals surface area contributed by atoms with Crippen LogP contribution in [0.25, 0.3) is 0 Å². The smallest absolute Gasteiger partial charge is 0.229 e. The summed E-state index contributed by atoms with van der Waals surface area (Å²) in [7, 11) is 0. The molecule has 0 fully saturated rings. The molecule has 0 aliphatic carbocycles. The first kappa shape index (κ1) is 15.4. The van der Waals surface area contributed by atoms with Gasteiger partial charge in [-0.05, 0) is 36.2 Å². The second kappa shape index (κ2) is 7.73. The molecule has 0 bridgehead atoms. The Balaban J connectivity index is 1.90. The predicted molar refractivity (Wildman–Crippen MR) is 87.3 cm³/mol. The molecule has 0 spiro atoms. The minimum Gasteiger partial charge on any atom is -0.369 e. The lowest BCUT2D eigenvalue weighted by molar-refractivity contribution is -0.115. The summed E-state index contributed by atoms with van der Waals surface area (Å²) in [5.74, 6) is 1.05. The van der Waals surface area contributed by atoms with Crippen molar-refractivity contribution >= 4 is 33.5 Å². The van der Waals surface area contributed by atoms with Crippen LogP contribution in [0.5, 0.6) is 0 Å². The largest absolute Gasteiger partial charge is 0.369 e. The van der Waals surface area contributed by atoms with Gasteiger partial charge in [0.1, 0.15) is 5.82 Å². The van der Waals surface area contributed by atoms with E-state index in [0.29, 0.717) is 18.1 Å². The van der Waals surface area contributed by atoms with Gasteiger partial charge in [-0.25, -0.2) is 0 Å². The molecule has 0 atom stereocenters.